The molecule has 1 heterocycles. The second kappa shape index (κ2) is 5.35. The molecule has 14 heavy (non-hydrogen) atoms. The molecule has 0 amide bonds. The summed E-state index contributed by atoms with van der Waals surface area (Å²) in [6.07, 6.45) is 0.885. The molecule has 0 aromatic heterocycles. The van der Waals surface area contributed by atoms with E-state index in [1.165, 1.54) is 0 Å². The Morgan fingerprint density at radius 2 is 2.00 bits per heavy atom. The van der Waals surface area contributed by atoms with Crippen molar-refractivity contribution in [1.29, 1.82) is 0 Å². The molecule has 1 rings (SSSR count). The lowest BCUT2D eigenvalue weighted by molar-refractivity contribution is -0.252. The molecule has 0 aromatic rings. The number of hydrogen-bond donors (Lipinski definition) is 1. The van der Waals surface area contributed by atoms with Crippen LogP contribution in [0.15, 0.2) is 0 Å². The molecule has 0 aromatic carbocycles. The van der Waals surface area contributed by atoms with Gasteiger partial charge < -0.3 is 14.8 Å². The minimum absolute atomic E-state index is 0.307. The summed E-state index contributed by atoms with van der Waals surface area (Å²) in [4.78, 5) is 0. The molecule has 0 saturated carbocycles. The average molecular weight is 197 g/mol. The van der Waals surface area contributed by atoms with Crippen LogP contribution >= 0.6 is 0 Å². The molecular weight excluding hydrogens is 178 g/mol. The smallest absolute Gasteiger partial charge is 0.162 e. The Morgan fingerprint density at radius 1 is 1.36 bits per heavy atom. The summed E-state index contributed by atoms with van der Waals surface area (Å²) < 4.78 is 11.0. The molecule has 0 bridgehead atoms. The lowest BCUT2D eigenvalue weighted by Crippen LogP contribution is -2.48. The van der Waals surface area contributed by atoms with Crippen molar-refractivity contribution in [2.24, 2.45) is 0 Å². The third kappa shape index (κ3) is 4.10. The molecule has 1 aliphatic heterocycles. The fourth-order valence-electron chi connectivity index (χ4n) is 1.27. The van der Waals surface area contributed by atoms with Gasteiger partial charge in [0.1, 0.15) is 0 Å². The van der Waals surface area contributed by atoms with Crippen LogP contribution < -0.4 is 5.32 Å². The van der Waals surface area contributed by atoms with Crippen molar-refractivity contribution in [3.8, 4) is 11.8 Å². The Balaban J connectivity index is 2.12. The molecule has 3 nitrogen and oxygen atoms in total. The third-order valence-electron chi connectivity index (χ3n) is 2.12. The summed E-state index contributed by atoms with van der Waals surface area (Å²) in [6, 6.07) is 0.307. The van der Waals surface area contributed by atoms with Crippen molar-refractivity contribution in [3.05, 3.63) is 0 Å². The Labute approximate surface area is 86.2 Å². The van der Waals surface area contributed by atoms with Gasteiger partial charge in [0, 0.05) is 13.0 Å². The van der Waals surface area contributed by atoms with Gasteiger partial charge in [-0.05, 0) is 20.8 Å². The summed E-state index contributed by atoms with van der Waals surface area (Å²) in [5.74, 6) is 5.46. The first kappa shape index (κ1) is 11.5. The Hall–Kier alpha value is -0.560. The fraction of sp³-hybridized carbons (Fsp3) is 0.818. The van der Waals surface area contributed by atoms with E-state index in [0.717, 1.165) is 13.0 Å². The molecule has 3 heteroatoms. The summed E-state index contributed by atoms with van der Waals surface area (Å²) in [7, 11) is 0. The van der Waals surface area contributed by atoms with Gasteiger partial charge in [-0.1, -0.05) is 0 Å². The SMILES string of the molecule is CC#CCCNC1COC(C)(C)OC1. The van der Waals surface area contributed by atoms with Crippen LogP contribution in [0.4, 0.5) is 0 Å². The highest BCUT2D eigenvalue weighted by atomic mass is 16.7. The third-order valence-corrected chi connectivity index (χ3v) is 2.12. The van der Waals surface area contributed by atoms with E-state index in [2.05, 4.69) is 17.2 Å². The Morgan fingerprint density at radius 3 is 2.57 bits per heavy atom. The Kier molecular flexibility index (Phi) is 4.40. The molecule has 0 aliphatic carbocycles. The lowest BCUT2D eigenvalue weighted by atomic mass is 10.2. The van der Waals surface area contributed by atoms with Crippen molar-refractivity contribution < 1.29 is 9.47 Å². The van der Waals surface area contributed by atoms with E-state index >= 15 is 0 Å². The summed E-state index contributed by atoms with van der Waals surface area (Å²) in [6.45, 7) is 8.06. The average Bonchev–Trinajstić information content (AvgIpc) is 2.15. The van der Waals surface area contributed by atoms with Crippen molar-refractivity contribution in [3.63, 3.8) is 0 Å². The van der Waals surface area contributed by atoms with Crippen LogP contribution in [0.5, 0.6) is 0 Å². The predicted octanol–water partition coefficient (Wildman–Crippen LogP) is 1.14. The van der Waals surface area contributed by atoms with E-state index in [4.69, 9.17) is 9.47 Å². The first-order chi connectivity index (χ1) is 6.64. The first-order valence-corrected chi connectivity index (χ1v) is 5.05. The van der Waals surface area contributed by atoms with Crippen LogP contribution in [-0.4, -0.2) is 31.6 Å². The molecule has 0 spiro atoms. The number of hydrogen-bond acceptors (Lipinski definition) is 3. The maximum absolute atomic E-state index is 5.51. The fourth-order valence-corrected chi connectivity index (χ4v) is 1.27. The van der Waals surface area contributed by atoms with Gasteiger partial charge in [-0.2, -0.15) is 0 Å². The van der Waals surface area contributed by atoms with Gasteiger partial charge in [0.05, 0.1) is 19.3 Å². The minimum atomic E-state index is -0.415. The van der Waals surface area contributed by atoms with Crippen molar-refractivity contribution in [2.45, 2.75) is 39.0 Å². The van der Waals surface area contributed by atoms with Crippen molar-refractivity contribution >= 4 is 0 Å². The van der Waals surface area contributed by atoms with E-state index < -0.39 is 5.79 Å². The molecule has 0 radical (unpaired) electrons. The molecule has 1 N–H and O–H groups in total. The first-order valence-electron chi connectivity index (χ1n) is 5.05. The molecule has 1 saturated heterocycles. The highest BCUT2D eigenvalue weighted by Gasteiger charge is 2.27. The van der Waals surface area contributed by atoms with Gasteiger partial charge in [-0.25, -0.2) is 0 Å². The number of ether oxygens (including phenoxy) is 2. The largest absolute Gasteiger partial charge is 0.349 e. The van der Waals surface area contributed by atoms with Crippen molar-refractivity contribution in [2.75, 3.05) is 19.8 Å². The molecule has 1 fully saturated rings. The molecular formula is C11H19NO2. The van der Waals surface area contributed by atoms with Gasteiger partial charge in [-0.3, -0.25) is 0 Å². The van der Waals surface area contributed by atoms with Crippen LogP contribution in [0.2, 0.25) is 0 Å². The number of rotatable bonds is 3. The summed E-state index contributed by atoms with van der Waals surface area (Å²) >= 11 is 0. The zero-order valence-corrected chi connectivity index (χ0v) is 9.22. The zero-order valence-electron chi connectivity index (χ0n) is 9.22. The van der Waals surface area contributed by atoms with E-state index in [1.54, 1.807) is 0 Å². The molecule has 0 unspecified atom stereocenters. The quantitative estimate of drug-likeness (QED) is 0.543. The highest BCUT2D eigenvalue weighted by molar-refractivity contribution is 4.95. The highest BCUT2D eigenvalue weighted by Crippen LogP contribution is 2.16. The Bertz CT molecular complexity index is 217. The second-order valence-corrected chi connectivity index (χ2v) is 3.85. The topological polar surface area (TPSA) is 30.5 Å². The maximum Gasteiger partial charge on any atom is 0.162 e. The van der Waals surface area contributed by atoms with E-state index in [0.29, 0.717) is 19.3 Å². The molecule has 0 atom stereocenters. The van der Waals surface area contributed by atoms with Crippen LogP contribution in [-0.2, 0) is 9.47 Å². The normalized spacial score (nSPS) is 21.4. The molecule has 80 valence electrons. The monoisotopic (exact) mass is 197 g/mol. The van der Waals surface area contributed by atoms with Crippen LogP contribution in [0.3, 0.4) is 0 Å². The minimum Gasteiger partial charge on any atom is -0.349 e. The number of nitrogens with one attached hydrogen (secondary N) is 1. The van der Waals surface area contributed by atoms with E-state index in [9.17, 15) is 0 Å². The summed E-state index contributed by atoms with van der Waals surface area (Å²) in [5.41, 5.74) is 0. The lowest BCUT2D eigenvalue weighted by Gasteiger charge is -2.35. The zero-order chi connectivity index (χ0) is 10.4. The van der Waals surface area contributed by atoms with Gasteiger partial charge in [0.2, 0.25) is 0 Å². The van der Waals surface area contributed by atoms with E-state index in [-0.39, 0.29) is 0 Å². The van der Waals surface area contributed by atoms with Gasteiger partial charge >= 0.3 is 0 Å². The van der Waals surface area contributed by atoms with E-state index in [1.807, 2.05) is 20.8 Å². The summed E-state index contributed by atoms with van der Waals surface area (Å²) in [5, 5.41) is 3.34. The van der Waals surface area contributed by atoms with Crippen LogP contribution in [0.25, 0.3) is 0 Å². The predicted molar refractivity (Wildman–Crippen MR) is 55.8 cm³/mol. The van der Waals surface area contributed by atoms with Crippen LogP contribution in [0, 0.1) is 11.8 Å². The van der Waals surface area contributed by atoms with Crippen molar-refractivity contribution in [1.82, 2.24) is 5.32 Å². The molecule has 1 aliphatic rings. The van der Waals surface area contributed by atoms with Gasteiger partial charge in [0.25, 0.3) is 0 Å². The van der Waals surface area contributed by atoms with Gasteiger partial charge in [0.15, 0.2) is 5.79 Å². The second-order valence-electron chi connectivity index (χ2n) is 3.85. The van der Waals surface area contributed by atoms with Crippen LogP contribution in [0.1, 0.15) is 27.2 Å². The maximum atomic E-state index is 5.51. The van der Waals surface area contributed by atoms with Gasteiger partial charge in [-0.15, -0.1) is 11.8 Å². The standard InChI is InChI=1S/C11H19NO2/c1-4-5-6-7-12-10-8-13-11(2,3)14-9-10/h10,12H,6-9H2,1-3H3.